The SMILES string of the molecule is Cc1ccc(C(=O)NCC(F)(F)CN)cc1S(C)(=O)=O. The molecule has 0 aliphatic rings. The number of nitrogens with one attached hydrogen (secondary N) is 1. The molecule has 0 unspecified atom stereocenters. The maximum Gasteiger partial charge on any atom is 0.277 e. The Morgan fingerprint density at radius 1 is 1.40 bits per heavy atom. The van der Waals surface area contributed by atoms with Crippen LogP contribution in [0.1, 0.15) is 15.9 Å². The van der Waals surface area contributed by atoms with E-state index in [0.29, 0.717) is 5.56 Å². The first-order valence-corrected chi connectivity index (χ1v) is 7.63. The molecule has 8 heteroatoms. The van der Waals surface area contributed by atoms with Crippen LogP contribution in [0.2, 0.25) is 0 Å². The number of nitrogens with two attached hydrogens (primary N) is 1. The molecule has 0 aliphatic carbocycles. The number of sulfone groups is 1. The minimum absolute atomic E-state index is 0.00356. The first-order valence-electron chi connectivity index (χ1n) is 5.73. The second-order valence-corrected chi connectivity index (χ2v) is 6.48. The van der Waals surface area contributed by atoms with Crippen molar-refractivity contribution in [3.63, 3.8) is 0 Å². The summed E-state index contributed by atoms with van der Waals surface area (Å²) < 4.78 is 48.9. The lowest BCUT2D eigenvalue weighted by molar-refractivity contribution is 0.0118. The molecule has 20 heavy (non-hydrogen) atoms. The van der Waals surface area contributed by atoms with Crippen LogP contribution in [0.4, 0.5) is 8.78 Å². The molecule has 1 aromatic carbocycles. The van der Waals surface area contributed by atoms with Crippen molar-refractivity contribution in [1.82, 2.24) is 5.32 Å². The van der Waals surface area contributed by atoms with Crippen molar-refractivity contribution >= 4 is 15.7 Å². The normalized spacial score (nSPS) is 12.2. The van der Waals surface area contributed by atoms with Crippen LogP contribution in [-0.4, -0.2) is 39.6 Å². The summed E-state index contributed by atoms with van der Waals surface area (Å²) in [6.07, 6.45) is 1.01. The summed E-state index contributed by atoms with van der Waals surface area (Å²) in [7, 11) is -3.49. The monoisotopic (exact) mass is 306 g/mol. The zero-order valence-electron chi connectivity index (χ0n) is 11.1. The van der Waals surface area contributed by atoms with E-state index in [-0.39, 0.29) is 10.5 Å². The number of carbonyl (C=O) groups is 1. The van der Waals surface area contributed by atoms with Crippen LogP contribution in [0.3, 0.4) is 0 Å². The Morgan fingerprint density at radius 3 is 2.50 bits per heavy atom. The van der Waals surface area contributed by atoms with Crippen LogP contribution in [-0.2, 0) is 9.84 Å². The topological polar surface area (TPSA) is 89.3 Å². The molecule has 0 radical (unpaired) electrons. The number of aryl methyl sites for hydroxylation is 1. The standard InChI is InChI=1S/C12H16F2N2O3S/c1-8-3-4-9(5-10(8)20(2,18)19)11(17)16-7-12(13,14)6-15/h3-5H,6-7,15H2,1-2H3,(H,16,17). The number of hydrogen-bond acceptors (Lipinski definition) is 4. The Kier molecular flexibility index (Phi) is 4.82. The highest BCUT2D eigenvalue weighted by atomic mass is 32.2. The van der Waals surface area contributed by atoms with E-state index < -0.39 is 34.8 Å². The average Bonchev–Trinajstić information content (AvgIpc) is 2.35. The molecule has 0 bridgehead atoms. The Balaban J connectivity index is 2.96. The fraction of sp³-hybridized carbons (Fsp3) is 0.417. The van der Waals surface area contributed by atoms with Crippen molar-refractivity contribution in [3.8, 4) is 0 Å². The molecule has 1 amide bonds. The molecule has 0 aromatic heterocycles. The minimum Gasteiger partial charge on any atom is -0.346 e. The molecule has 0 aliphatic heterocycles. The van der Waals surface area contributed by atoms with Crippen LogP contribution in [0, 0.1) is 6.92 Å². The van der Waals surface area contributed by atoms with Crippen molar-refractivity contribution in [1.29, 1.82) is 0 Å². The molecule has 0 fully saturated rings. The molecule has 0 heterocycles. The molecule has 3 N–H and O–H groups in total. The second kappa shape index (κ2) is 5.84. The van der Waals surface area contributed by atoms with Gasteiger partial charge in [-0.3, -0.25) is 4.79 Å². The summed E-state index contributed by atoms with van der Waals surface area (Å²) in [5.74, 6) is -3.97. The van der Waals surface area contributed by atoms with Crippen LogP contribution in [0.5, 0.6) is 0 Å². The number of hydrogen-bond donors (Lipinski definition) is 2. The highest BCUT2D eigenvalue weighted by molar-refractivity contribution is 7.90. The van der Waals surface area contributed by atoms with Crippen molar-refractivity contribution in [2.45, 2.75) is 17.7 Å². The Bertz CT molecular complexity index is 615. The smallest absolute Gasteiger partial charge is 0.277 e. The van der Waals surface area contributed by atoms with Crippen LogP contribution >= 0.6 is 0 Å². The van der Waals surface area contributed by atoms with Gasteiger partial charge >= 0.3 is 0 Å². The van der Waals surface area contributed by atoms with Gasteiger partial charge in [-0.1, -0.05) is 6.07 Å². The summed E-state index contributed by atoms with van der Waals surface area (Å²) in [6, 6.07) is 3.99. The summed E-state index contributed by atoms with van der Waals surface area (Å²) in [5, 5.41) is 2.02. The second-order valence-electron chi connectivity index (χ2n) is 4.50. The predicted octanol–water partition coefficient (Wildman–Crippen LogP) is 0.722. The molecular weight excluding hydrogens is 290 g/mol. The van der Waals surface area contributed by atoms with E-state index in [1.807, 2.05) is 5.32 Å². The summed E-state index contributed by atoms with van der Waals surface area (Å²) in [6.45, 7) is -0.194. The first-order chi connectivity index (χ1) is 9.07. The molecule has 0 atom stereocenters. The van der Waals surface area contributed by atoms with E-state index in [9.17, 15) is 22.0 Å². The van der Waals surface area contributed by atoms with Crippen molar-refractivity contribution in [3.05, 3.63) is 29.3 Å². The van der Waals surface area contributed by atoms with E-state index in [4.69, 9.17) is 5.73 Å². The van der Waals surface area contributed by atoms with Gasteiger partial charge in [0.15, 0.2) is 9.84 Å². The van der Waals surface area contributed by atoms with E-state index in [2.05, 4.69) is 0 Å². The van der Waals surface area contributed by atoms with Crippen LogP contribution in [0.25, 0.3) is 0 Å². The fourth-order valence-electron chi connectivity index (χ4n) is 1.52. The molecule has 0 spiro atoms. The average molecular weight is 306 g/mol. The number of benzene rings is 1. The zero-order valence-corrected chi connectivity index (χ0v) is 11.9. The summed E-state index contributed by atoms with van der Waals surface area (Å²) >= 11 is 0. The highest BCUT2D eigenvalue weighted by Crippen LogP contribution is 2.17. The van der Waals surface area contributed by atoms with Crippen LogP contribution < -0.4 is 11.1 Å². The van der Waals surface area contributed by atoms with Crippen molar-refractivity contribution in [2.24, 2.45) is 5.73 Å². The van der Waals surface area contributed by atoms with Gasteiger partial charge < -0.3 is 11.1 Å². The molecular formula is C12H16F2N2O3S. The molecule has 0 saturated heterocycles. The van der Waals surface area contributed by atoms with E-state index in [1.54, 1.807) is 6.92 Å². The summed E-state index contributed by atoms with van der Waals surface area (Å²) in [4.78, 5) is 11.7. The van der Waals surface area contributed by atoms with Gasteiger partial charge in [0, 0.05) is 11.8 Å². The van der Waals surface area contributed by atoms with E-state index in [0.717, 1.165) is 6.26 Å². The molecule has 5 nitrogen and oxygen atoms in total. The maximum atomic E-state index is 12.9. The van der Waals surface area contributed by atoms with E-state index in [1.165, 1.54) is 18.2 Å². The zero-order chi connectivity index (χ0) is 15.6. The lowest BCUT2D eigenvalue weighted by Crippen LogP contribution is -2.41. The summed E-state index contributed by atoms with van der Waals surface area (Å²) in [5.41, 5.74) is 5.34. The van der Waals surface area contributed by atoms with Gasteiger partial charge in [0.1, 0.15) is 0 Å². The lowest BCUT2D eigenvalue weighted by Gasteiger charge is -2.15. The lowest BCUT2D eigenvalue weighted by atomic mass is 10.1. The van der Waals surface area contributed by atoms with Gasteiger partial charge in [-0.15, -0.1) is 0 Å². The quantitative estimate of drug-likeness (QED) is 0.839. The van der Waals surface area contributed by atoms with Gasteiger partial charge in [-0.05, 0) is 24.6 Å². The third kappa shape index (κ3) is 4.24. The number of amides is 1. The first kappa shape index (κ1) is 16.5. The number of halogens is 2. The third-order valence-corrected chi connectivity index (χ3v) is 3.89. The number of rotatable bonds is 5. The molecule has 112 valence electrons. The van der Waals surface area contributed by atoms with Gasteiger partial charge in [0.2, 0.25) is 0 Å². The maximum absolute atomic E-state index is 12.9. The van der Waals surface area contributed by atoms with E-state index >= 15 is 0 Å². The van der Waals surface area contributed by atoms with Gasteiger partial charge in [-0.2, -0.15) is 0 Å². The van der Waals surface area contributed by atoms with Crippen LogP contribution in [0.15, 0.2) is 23.1 Å². The highest BCUT2D eigenvalue weighted by Gasteiger charge is 2.27. The third-order valence-electron chi connectivity index (χ3n) is 2.66. The van der Waals surface area contributed by atoms with Gasteiger partial charge in [-0.25, -0.2) is 17.2 Å². The Hall–Kier alpha value is -1.54. The van der Waals surface area contributed by atoms with Crippen molar-refractivity contribution < 1.29 is 22.0 Å². The molecule has 1 aromatic rings. The Labute approximate surface area is 116 Å². The molecule has 1 rings (SSSR count). The van der Waals surface area contributed by atoms with Gasteiger partial charge in [0.05, 0.1) is 18.0 Å². The number of alkyl halides is 2. The van der Waals surface area contributed by atoms with Crippen molar-refractivity contribution in [2.75, 3.05) is 19.3 Å². The molecule has 0 saturated carbocycles. The predicted molar refractivity (Wildman–Crippen MR) is 70.6 cm³/mol. The fourth-order valence-corrected chi connectivity index (χ4v) is 2.52. The number of carbonyl (C=O) groups excluding carboxylic acids is 1. The van der Waals surface area contributed by atoms with Gasteiger partial charge in [0.25, 0.3) is 11.8 Å². The largest absolute Gasteiger partial charge is 0.346 e. The Morgan fingerprint density at radius 2 is 2.00 bits per heavy atom. The minimum atomic E-state index is -3.49.